The molecule has 1 aliphatic rings. The van der Waals surface area contributed by atoms with Crippen LogP contribution in [0.2, 0.25) is 0 Å². The summed E-state index contributed by atoms with van der Waals surface area (Å²) in [6, 6.07) is 5.03. The maximum Gasteiger partial charge on any atom is 0.328 e. The van der Waals surface area contributed by atoms with Crippen LogP contribution in [0.3, 0.4) is 0 Å². The van der Waals surface area contributed by atoms with Crippen molar-refractivity contribution in [3.8, 4) is 0 Å². The molecule has 0 aliphatic carbocycles. The Hall–Kier alpha value is -1.75. The smallest absolute Gasteiger partial charge is 0.328 e. The summed E-state index contributed by atoms with van der Waals surface area (Å²) in [6.07, 6.45) is 0.319. The lowest BCUT2D eigenvalue weighted by Crippen LogP contribution is -2.49. The predicted octanol–water partition coefficient (Wildman–Crippen LogP) is 1.45. The molecule has 1 heterocycles. The van der Waals surface area contributed by atoms with Gasteiger partial charge in [-0.15, -0.1) is 12.4 Å². The van der Waals surface area contributed by atoms with Crippen LogP contribution in [0.4, 0.5) is 16.2 Å². The third-order valence-electron chi connectivity index (χ3n) is 2.63. The summed E-state index contributed by atoms with van der Waals surface area (Å²) in [4.78, 5) is 24.1. The second-order valence-electron chi connectivity index (χ2n) is 3.80. The fourth-order valence-corrected chi connectivity index (χ4v) is 1.61. The van der Waals surface area contributed by atoms with Gasteiger partial charge in [0, 0.05) is 24.3 Å². The van der Waals surface area contributed by atoms with E-state index in [1.807, 2.05) is 19.1 Å². The number of benzene rings is 1. The highest BCUT2D eigenvalue weighted by molar-refractivity contribution is 6.05. The molecule has 1 aromatic carbocycles. The van der Waals surface area contributed by atoms with Gasteiger partial charge in [-0.25, -0.2) is 4.79 Å². The van der Waals surface area contributed by atoms with E-state index < -0.39 is 0 Å². The Bertz CT molecular complexity index is 462. The number of nitrogens with one attached hydrogen (secondary N) is 1. The largest absolute Gasteiger partial charge is 0.398 e. The number of anilines is 2. The summed E-state index contributed by atoms with van der Waals surface area (Å²) in [5.74, 6) is -0.235. The van der Waals surface area contributed by atoms with Gasteiger partial charge in [0.15, 0.2) is 0 Å². The van der Waals surface area contributed by atoms with Crippen molar-refractivity contribution in [1.82, 2.24) is 5.32 Å². The number of carbonyl (C=O) groups excluding carboxylic acids is 2. The Balaban J connectivity index is 0.00000144. The van der Waals surface area contributed by atoms with Gasteiger partial charge < -0.3 is 5.73 Å². The number of halogens is 1. The molecule has 1 saturated heterocycles. The summed E-state index contributed by atoms with van der Waals surface area (Å²) in [5.41, 5.74) is 8.10. The predicted molar refractivity (Wildman–Crippen MR) is 68.3 cm³/mol. The normalized spacial score (nSPS) is 15.2. The highest BCUT2D eigenvalue weighted by Gasteiger charge is 2.24. The van der Waals surface area contributed by atoms with Crippen LogP contribution in [0.1, 0.15) is 12.0 Å². The number of aryl methyl sites for hydroxylation is 1. The van der Waals surface area contributed by atoms with Gasteiger partial charge in [0.25, 0.3) is 0 Å². The zero-order chi connectivity index (χ0) is 11.7. The molecule has 3 N–H and O–H groups in total. The van der Waals surface area contributed by atoms with Crippen molar-refractivity contribution in [2.75, 3.05) is 17.2 Å². The number of carbonyl (C=O) groups is 2. The second kappa shape index (κ2) is 5.05. The fourth-order valence-electron chi connectivity index (χ4n) is 1.61. The average Bonchev–Trinajstić information content (AvgIpc) is 2.22. The van der Waals surface area contributed by atoms with Crippen molar-refractivity contribution >= 4 is 35.7 Å². The van der Waals surface area contributed by atoms with Gasteiger partial charge in [0.1, 0.15) is 0 Å². The van der Waals surface area contributed by atoms with Gasteiger partial charge in [0.05, 0.1) is 0 Å². The molecule has 5 nitrogen and oxygen atoms in total. The molecule has 0 radical (unpaired) electrons. The minimum atomic E-state index is -0.389. The van der Waals surface area contributed by atoms with Crippen LogP contribution < -0.4 is 16.0 Å². The Kier molecular flexibility index (Phi) is 3.96. The molecule has 6 heteroatoms. The van der Waals surface area contributed by atoms with Gasteiger partial charge in [-0.05, 0) is 24.6 Å². The number of nitrogen functional groups attached to an aromatic ring is 1. The Morgan fingerprint density at radius 1 is 1.35 bits per heavy atom. The van der Waals surface area contributed by atoms with E-state index in [1.54, 1.807) is 6.07 Å². The van der Waals surface area contributed by atoms with Crippen LogP contribution in [-0.4, -0.2) is 18.5 Å². The number of hydrogen-bond acceptors (Lipinski definition) is 3. The van der Waals surface area contributed by atoms with Gasteiger partial charge in [-0.3, -0.25) is 15.0 Å². The molecule has 0 atom stereocenters. The van der Waals surface area contributed by atoms with Crippen molar-refractivity contribution in [3.63, 3.8) is 0 Å². The van der Waals surface area contributed by atoms with Crippen LogP contribution in [0.5, 0.6) is 0 Å². The van der Waals surface area contributed by atoms with E-state index in [0.29, 0.717) is 24.3 Å². The first kappa shape index (κ1) is 13.3. The molecule has 1 aromatic rings. The van der Waals surface area contributed by atoms with Crippen LogP contribution in [0, 0.1) is 6.92 Å². The molecule has 1 aliphatic heterocycles. The first-order valence-corrected chi connectivity index (χ1v) is 5.05. The SMILES string of the molecule is Cc1ccc(N2CCC(=O)NC2=O)cc1N.Cl. The first-order valence-electron chi connectivity index (χ1n) is 5.05. The molecule has 0 unspecified atom stereocenters. The molecule has 0 spiro atoms. The van der Waals surface area contributed by atoms with Crippen LogP contribution in [0.15, 0.2) is 18.2 Å². The summed E-state index contributed by atoms with van der Waals surface area (Å²) < 4.78 is 0. The van der Waals surface area contributed by atoms with E-state index in [0.717, 1.165) is 5.56 Å². The molecule has 1 fully saturated rings. The Morgan fingerprint density at radius 2 is 2.06 bits per heavy atom. The zero-order valence-electron chi connectivity index (χ0n) is 9.40. The standard InChI is InChI=1S/C11H13N3O2.ClH/c1-7-2-3-8(6-9(7)12)14-5-4-10(15)13-11(14)16;/h2-3,6H,4-5,12H2,1H3,(H,13,15,16);1H. The van der Waals surface area contributed by atoms with E-state index in [4.69, 9.17) is 5.73 Å². The number of urea groups is 1. The van der Waals surface area contributed by atoms with Crippen molar-refractivity contribution in [2.24, 2.45) is 0 Å². The maximum atomic E-state index is 11.6. The van der Waals surface area contributed by atoms with E-state index >= 15 is 0 Å². The van der Waals surface area contributed by atoms with Crippen molar-refractivity contribution in [1.29, 1.82) is 0 Å². The monoisotopic (exact) mass is 255 g/mol. The number of imide groups is 1. The average molecular weight is 256 g/mol. The van der Waals surface area contributed by atoms with E-state index in [9.17, 15) is 9.59 Å². The number of nitrogens with two attached hydrogens (primary N) is 1. The molecule has 0 bridgehead atoms. The fraction of sp³-hybridized carbons (Fsp3) is 0.273. The summed E-state index contributed by atoms with van der Waals surface area (Å²) >= 11 is 0. The Labute approximate surface area is 105 Å². The number of nitrogens with zero attached hydrogens (tertiary/aromatic N) is 1. The Morgan fingerprint density at radius 3 is 2.65 bits per heavy atom. The van der Waals surface area contributed by atoms with Crippen molar-refractivity contribution in [3.05, 3.63) is 23.8 Å². The lowest BCUT2D eigenvalue weighted by molar-refractivity contribution is -0.120. The first-order chi connectivity index (χ1) is 7.58. The molecule has 0 saturated carbocycles. The minimum absolute atomic E-state index is 0. The maximum absolute atomic E-state index is 11.6. The van der Waals surface area contributed by atoms with Crippen molar-refractivity contribution in [2.45, 2.75) is 13.3 Å². The van der Waals surface area contributed by atoms with Crippen LogP contribution in [0.25, 0.3) is 0 Å². The summed E-state index contributed by atoms with van der Waals surface area (Å²) in [6.45, 7) is 2.30. The molecule has 0 aromatic heterocycles. The second-order valence-corrected chi connectivity index (χ2v) is 3.80. The van der Waals surface area contributed by atoms with Gasteiger partial charge in [-0.1, -0.05) is 6.07 Å². The van der Waals surface area contributed by atoms with Gasteiger partial charge in [-0.2, -0.15) is 0 Å². The van der Waals surface area contributed by atoms with E-state index in [2.05, 4.69) is 5.32 Å². The van der Waals surface area contributed by atoms with Crippen molar-refractivity contribution < 1.29 is 9.59 Å². The van der Waals surface area contributed by atoms with Gasteiger partial charge in [0.2, 0.25) is 5.91 Å². The topological polar surface area (TPSA) is 75.4 Å². The molecular formula is C11H14ClN3O2. The minimum Gasteiger partial charge on any atom is -0.398 e. The van der Waals surface area contributed by atoms with Crippen LogP contribution >= 0.6 is 12.4 Å². The number of amides is 3. The molecular weight excluding hydrogens is 242 g/mol. The third-order valence-corrected chi connectivity index (χ3v) is 2.63. The highest BCUT2D eigenvalue weighted by atomic mass is 35.5. The number of hydrogen-bond donors (Lipinski definition) is 2. The zero-order valence-corrected chi connectivity index (χ0v) is 10.2. The number of rotatable bonds is 1. The summed E-state index contributed by atoms with van der Waals surface area (Å²) in [5, 5.41) is 2.27. The molecule has 3 amide bonds. The van der Waals surface area contributed by atoms with E-state index in [1.165, 1.54) is 4.90 Å². The van der Waals surface area contributed by atoms with Gasteiger partial charge >= 0.3 is 6.03 Å². The molecule has 92 valence electrons. The van der Waals surface area contributed by atoms with Crippen LogP contribution in [-0.2, 0) is 4.79 Å². The lowest BCUT2D eigenvalue weighted by Gasteiger charge is -2.26. The quantitative estimate of drug-likeness (QED) is 0.746. The molecule has 17 heavy (non-hydrogen) atoms. The van der Waals surface area contributed by atoms with E-state index in [-0.39, 0.29) is 24.3 Å². The third kappa shape index (κ3) is 2.68. The highest BCUT2D eigenvalue weighted by Crippen LogP contribution is 2.22. The molecule has 2 rings (SSSR count). The lowest BCUT2D eigenvalue weighted by atomic mass is 10.1. The summed E-state index contributed by atoms with van der Waals surface area (Å²) in [7, 11) is 0.